The van der Waals surface area contributed by atoms with E-state index in [1.165, 1.54) is 54.7 Å². The molecule has 69 heavy (non-hydrogen) atoms. The molecule has 0 aliphatic carbocycles. The van der Waals surface area contributed by atoms with Gasteiger partial charge in [-0.25, -0.2) is 0 Å². The van der Waals surface area contributed by atoms with Gasteiger partial charge in [-0.3, -0.25) is 0 Å². The lowest BCUT2D eigenvalue weighted by molar-refractivity contribution is 0.672. The molecule has 4 nitrogen and oxygen atoms in total. The lowest BCUT2D eigenvalue weighted by atomic mass is 9.33. The summed E-state index contributed by atoms with van der Waals surface area (Å²) in [4.78, 5) is 5.14. The van der Waals surface area contributed by atoms with Crippen molar-refractivity contribution in [2.75, 3.05) is 9.80 Å². The van der Waals surface area contributed by atoms with Crippen LogP contribution in [0.15, 0.2) is 239 Å². The summed E-state index contributed by atoms with van der Waals surface area (Å²) >= 11 is 0. The number of hydrogen-bond donors (Lipinski definition) is 0. The third-order valence-electron chi connectivity index (χ3n) is 15.4. The van der Waals surface area contributed by atoms with Gasteiger partial charge in [0, 0.05) is 77.2 Å². The third kappa shape index (κ3) is 5.35. The van der Waals surface area contributed by atoms with E-state index in [0.29, 0.717) is 0 Å². The second kappa shape index (κ2) is 14.5. The molecule has 0 N–H and O–H groups in total. The molecule has 6 heteroatoms. The van der Waals surface area contributed by atoms with Crippen molar-refractivity contribution >= 4 is 146 Å². The highest BCUT2D eigenvalue weighted by atomic mass is 28.3. The Kier molecular flexibility index (Phi) is 8.07. The number of anilines is 6. The minimum Gasteiger partial charge on any atom is -0.455 e. The average Bonchev–Trinajstić information content (AvgIpc) is 4.00. The van der Waals surface area contributed by atoms with Crippen molar-refractivity contribution in [2.24, 2.45) is 0 Å². The summed E-state index contributed by atoms with van der Waals surface area (Å²) in [5.41, 5.74) is 14.4. The van der Waals surface area contributed by atoms with Crippen LogP contribution in [-0.2, 0) is 0 Å². The van der Waals surface area contributed by atoms with Crippen molar-refractivity contribution in [3.8, 4) is 0 Å². The highest BCUT2D eigenvalue weighted by Gasteiger charge is 2.47. The van der Waals surface area contributed by atoms with E-state index in [4.69, 9.17) is 8.83 Å². The van der Waals surface area contributed by atoms with Crippen molar-refractivity contribution in [1.82, 2.24) is 0 Å². The van der Waals surface area contributed by atoms with E-state index in [9.17, 15) is 0 Å². The third-order valence-corrected chi connectivity index (χ3v) is 19.8. The van der Waals surface area contributed by atoms with Crippen molar-refractivity contribution in [2.45, 2.75) is 6.55 Å². The molecule has 13 aromatic rings. The van der Waals surface area contributed by atoms with Gasteiger partial charge < -0.3 is 18.6 Å². The first-order valence-electron chi connectivity index (χ1n) is 23.9. The molecule has 322 valence electrons. The molecule has 0 fully saturated rings. The van der Waals surface area contributed by atoms with Gasteiger partial charge in [-0.1, -0.05) is 176 Å². The first-order valence-corrected chi connectivity index (χ1v) is 26.4. The van der Waals surface area contributed by atoms with Crippen LogP contribution in [-0.4, -0.2) is 14.8 Å². The second-order valence-corrected chi connectivity index (χ2v) is 22.8. The number of furan rings is 2. The smallest absolute Gasteiger partial charge is 0.252 e. The van der Waals surface area contributed by atoms with Gasteiger partial charge in [0.25, 0.3) is 6.71 Å². The second-order valence-electron chi connectivity index (χ2n) is 18.8. The highest BCUT2D eigenvalue weighted by Crippen LogP contribution is 2.49. The molecule has 2 aliphatic heterocycles. The molecule has 0 atom stereocenters. The molecule has 0 spiro atoms. The molecular formula is C63H41BN2O2Si. The van der Waals surface area contributed by atoms with Crippen LogP contribution in [0.2, 0.25) is 6.55 Å². The SMILES string of the molecule is C[Si](c1ccccc1)(c1ccccc1)c1cc2c3c(c1)N(c1ccccc1)c1c(ccc4c1ccc1c5ccccc5oc41)B3c1ccc3c(ccc4c5ccccc5oc34)c1N2c1ccccc1. The summed E-state index contributed by atoms with van der Waals surface area (Å²) in [6, 6.07) is 85.1. The molecule has 0 saturated carbocycles. The lowest BCUT2D eigenvalue weighted by Crippen LogP contribution is -2.66. The minimum atomic E-state index is -2.73. The largest absolute Gasteiger partial charge is 0.455 e. The molecule has 0 amide bonds. The van der Waals surface area contributed by atoms with Crippen LogP contribution in [0.3, 0.4) is 0 Å². The topological polar surface area (TPSA) is 32.8 Å². The molecule has 4 heterocycles. The average molecular weight is 897 g/mol. The van der Waals surface area contributed by atoms with Crippen LogP contribution >= 0.6 is 0 Å². The first-order chi connectivity index (χ1) is 34.1. The van der Waals surface area contributed by atoms with E-state index in [-0.39, 0.29) is 6.71 Å². The molecule has 0 radical (unpaired) electrons. The molecular weight excluding hydrogens is 856 g/mol. The van der Waals surface area contributed by atoms with Crippen LogP contribution in [0.25, 0.3) is 65.4 Å². The molecule has 0 saturated heterocycles. The Bertz CT molecular complexity index is 3960. The molecule has 0 bridgehead atoms. The van der Waals surface area contributed by atoms with Gasteiger partial charge in [0.2, 0.25) is 0 Å². The Morgan fingerprint density at radius 3 is 1.16 bits per heavy atom. The number of benzene rings is 11. The fourth-order valence-corrected chi connectivity index (χ4v) is 15.7. The Morgan fingerprint density at radius 2 is 0.710 bits per heavy atom. The maximum Gasteiger partial charge on any atom is 0.252 e. The zero-order valence-corrected chi connectivity index (χ0v) is 38.7. The van der Waals surface area contributed by atoms with Crippen molar-refractivity contribution in [3.63, 3.8) is 0 Å². The zero-order chi connectivity index (χ0) is 45.4. The van der Waals surface area contributed by atoms with E-state index in [2.05, 4.69) is 247 Å². The normalized spacial score (nSPS) is 13.2. The predicted molar refractivity (Wildman–Crippen MR) is 293 cm³/mol. The summed E-state index contributed by atoms with van der Waals surface area (Å²) in [6.07, 6.45) is 0. The van der Waals surface area contributed by atoms with E-state index in [0.717, 1.165) is 76.8 Å². The van der Waals surface area contributed by atoms with Gasteiger partial charge in [0.1, 0.15) is 30.4 Å². The Labute approximate surface area is 400 Å². The molecule has 2 aromatic heterocycles. The van der Waals surface area contributed by atoms with Crippen LogP contribution < -0.4 is 41.7 Å². The lowest BCUT2D eigenvalue weighted by Gasteiger charge is -2.46. The minimum absolute atomic E-state index is 0.109. The van der Waals surface area contributed by atoms with Crippen molar-refractivity contribution in [3.05, 3.63) is 231 Å². The maximum atomic E-state index is 6.81. The number of nitrogens with zero attached hydrogens (tertiary/aromatic N) is 2. The highest BCUT2D eigenvalue weighted by molar-refractivity contribution is 7.11. The summed E-state index contributed by atoms with van der Waals surface area (Å²) in [7, 11) is -2.73. The van der Waals surface area contributed by atoms with E-state index in [1.807, 2.05) is 0 Å². The van der Waals surface area contributed by atoms with Gasteiger partial charge in [0.15, 0.2) is 0 Å². The molecule has 2 aliphatic rings. The number of fused-ring (bicyclic) bond motifs is 16. The fourth-order valence-electron chi connectivity index (χ4n) is 12.2. The van der Waals surface area contributed by atoms with E-state index < -0.39 is 8.07 Å². The van der Waals surface area contributed by atoms with E-state index >= 15 is 0 Å². The van der Waals surface area contributed by atoms with Crippen molar-refractivity contribution in [1.29, 1.82) is 0 Å². The maximum absolute atomic E-state index is 6.81. The Balaban J connectivity index is 1.12. The molecule has 11 aromatic carbocycles. The van der Waals surface area contributed by atoms with Gasteiger partial charge in [-0.05, 0) is 92.6 Å². The van der Waals surface area contributed by atoms with Gasteiger partial charge >= 0.3 is 0 Å². The first kappa shape index (κ1) is 38.5. The molecule has 0 unspecified atom stereocenters. The van der Waals surface area contributed by atoms with Crippen LogP contribution in [0.1, 0.15) is 0 Å². The fraction of sp³-hybridized carbons (Fsp3) is 0.0159. The Morgan fingerprint density at radius 1 is 0.348 bits per heavy atom. The summed E-state index contributed by atoms with van der Waals surface area (Å²) in [5, 5.41) is 13.1. The van der Waals surface area contributed by atoms with Crippen molar-refractivity contribution < 1.29 is 8.83 Å². The van der Waals surface area contributed by atoms with Gasteiger partial charge in [-0.2, -0.15) is 0 Å². The van der Waals surface area contributed by atoms with Crippen LogP contribution in [0.4, 0.5) is 34.1 Å². The van der Waals surface area contributed by atoms with Gasteiger partial charge in [0.05, 0.1) is 0 Å². The molecule has 15 rings (SSSR count). The number of para-hydroxylation sites is 4. The number of hydrogen-bond acceptors (Lipinski definition) is 4. The Hall–Kier alpha value is -8.58. The predicted octanol–water partition coefficient (Wildman–Crippen LogP) is 13.0. The summed E-state index contributed by atoms with van der Waals surface area (Å²) in [6.45, 7) is 2.43. The van der Waals surface area contributed by atoms with Crippen LogP contribution in [0, 0.1) is 0 Å². The number of rotatable bonds is 5. The van der Waals surface area contributed by atoms with Gasteiger partial charge in [-0.15, -0.1) is 0 Å². The standard InChI is InChI=1S/C63H41BN2O2Si/c1-69(42-22-10-4-11-23-42,43-24-12-5-13-25-43)44-38-55-59-56(39-44)66(41-20-8-3-9-21-41)61-48-31-33-50-46-27-15-17-29-58(46)68-63(50)52(48)35-37-54(61)64(59)53-36-34-51-47(60(53)65(55)40-18-6-2-7-19-40)30-32-49-45-26-14-16-28-57(45)67-62(49)51/h2-39H,1H3. The quantitative estimate of drug-likeness (QED) is 0.127. The summed E-state index contributed by atoms with van der Waals surface area (Å²) < 4.78 is 13.6. The zero-order valence-electron chi connectivity index (χ0n) is 37.7. The summed E-state index contributed by atoms with van der Waals surface area (Å²) in [5.74, 6) is 0. The monoisotopic (exact) mass is 896 g/mol. The van der Waals surface area contributed by atoms with Crippen LogP contribution in [0.5, 0.6) is 0 Å². The van der Waals surface area contributed by atoms with E-state index in [1.54, 1.807) is 0 Å².